The lowest BCUT2D eigenvalue weighted by molar-refractivity contribution is 0.102. The number of hydrogen-bond acceptors (Lipinski definition) is 4. The van der Waals surface area contributed by atoms with Gasteiger partial charge in [-0.25, -0.2) is 22.5 Å². The number of halogens is 4. The summed E-state index contributed by atoms with van der Waals surface area (Å²) in [4.78, 5) is 20.8. The highest BCUT2D eigenvalue weighted by atomic mass is 19.1. The van der Waals surface area contributed by atoms with Crippen molar-refractivity contribution in [1.82, 2.24) is 9.97 Å². The molecule has 1 aliphatic rings. The number of amides is 1. The molecule has 4 rings (SSSR count). The summed E-state index contributed by atoms with van der Waals surface area (Å²) in [6, 6.07) is 4.69. The zero-order valence-electron chi connectivity index (χ0n) is 17.8. The number of benzene rings is 1. The number of nitrogens with two attached hydrogens (primary N) is 1. The van der Waals surface area contributed by atoms with Gasteiger partial charge < -0.3 is 11.1 Å². The number of anilines is 1. The second-order valence-corrected chi connectivity index (χ2v) is 8.46. The summed E-state index contributed by atoms with van der Waals surface area (Å²) in [5, 5.41) is 2.72. The largest absolute Gasteiger partial charge is 0.328 e. The molecule has 3 N–H and O–H groups in total. The first-order chi connectivity index (χ1) is 15.7. The van der Waals surface area contributed by atoms with Gasteiger partial charge >= 0.3 is 0 Å². The molecule has 0 bridgehead atoms. The standard InChI is InChI=1S/C24H22F4N4O/c1-12-6-13(8-15(29)7-12)16-4-5-30-11-21(16)32-24(33)20-3-2-17(26)23(31-20)22-18(27)9-14(25)10-19(22)28/h2-5,9-13,15H,6-8,29H2,1H3,(H,32,33). The van der Waals surface area contributed by atoms with Crippen LogP contribution in [0.5, 0.6) is 0 Å². The summed E-state index contributed by atoms with van der Waals surface area (Å²) in [5.74, 6) is -5.00. The van der Waals surface area contributed by atoms with Crippen LogP contribution in [0.15, 0.2) is 42.7 Å². The monoisotopic (exact) mass is 458 g/mol. The number of rotatable bonds is 4. The Balaban J connectivity index is 1.64. The fourth-order valence-electron chi connectivity index (χ4n) is 4.47. The molecule has 5 nitrogen and oxygen atoms in total. The van der Waals surface area contributed by atoms with Gasteiger partial charge in [0.1, 0.15) is 34.7 Å². The van der Waals surface area contributed by atoms with Gasteiger partial charge in [0.05, 0.1) is 17.4 Å². The lowest BCUT2D eigenvalue weighted by Crippen LogP contribution is -2.31. The number of nitrogens with zero attached hydrogens (tertiary/aromatic N) is 2. The van der Waals surface area contributed by atoms with Gasteiger partial charge in [-0.1, -0.05) is 6.92 Å². The highest BCUT2D eigenvalue weighted by molar-refractivity contribution is 6.03. The highest BCUT2D eigenvalue weighted by Gasteiger charge is 2.28. The Morgan fingerprint density at radius 2 is 1.76 bits per heavy atom. The van der Waals surface area contributed by atoms with Crippen LogP contribution in [-0.4, -0.2) is 21.9 Å². The number of aromatic nitrogens is 2. The first kappa shape index (κ1) is 22.8. The quantitative estimate of drug-likeness (QED) is 0.528. The molecule has 1 aliphatic carbocycles. The predicted molar refractivity (Wildman–Crippen MR) is 115 cm³/mol. The maximum Gasteiger partial charge on any atom is 0.274 e. The molecule has 2 aromatic heterocycles. The summed E-state index contributed by atoms with van der Waals surface area (Å²) in [6.45, 7) is 2.13. The van der Waals surface area contributed by atoms with E-state index >= 15 is 0 Å². The third-order valence-corrected chi connectivity index (χ3v) is 5.84. The molecule has 3 atom stereocenters. The van der Waals surface area contributed by atoms with Crippen molar-refractivity contribution >= 4 is 11.6 Å². The summed E-state index contributed by atoms with van der Waals surface area (Å²) < 4.78 is 55.9. The fourth-order valence-corrected chi connectivity index (χ4v) is 4.47. The van der Waals surface area contributed by atoms with Gasteiger partial charge in [0.15, 0.2) is 0 Å². The molecule has 0 aliphatic heterocycles. The Bertz CT molecular complexity index is 1170. The minimum Gasteiger partial charge on any atom is -0.328 e. The molecule has 1 aromatic carbocycles. The molecule has 0 saturated heterocycles. The number of carbonyl (C=O) groups excluding carboxylic acids is 1. The van der Waals surface area contributed by atoms with Crippen LogP contribution in [0.25, 0.3) is 11.3 Å². The Morgan fingerprint density at radius 1 is 1.03 bits per heavy atom. The lowest BCUT2D eigenvalue weighted by Gasteiger charge is -2.32. The molecule has 2 heterocycles. The molecule has 9 heteroatoms. The van der Waals surface area contributed by atoms with Crippen molar-refractivity contribution in [3.8, 4) is 11.3 Å². The van der Waals surface area contributed by atoms with E-state index in [1.807, 2.05) is 6.07 Å². The molecular weight excluding hydrogens is 436 g/mol. The van der Waals surface area contributed by atoms with Crippen molar-refractivity contribution in [2.75, 3.05) is 5.32 Å². The first-order valence-electron chi connectivity index (χ1n) is 10.5. The average Bonchev–Trinajstić information content (AvgIpc) is 2.74. The van der Waals surface area contributed by atoms with Gasteiger partial charge in [0.25, 0.3) is 5.91 Å². The van der Waals surface area contributed by atoms with Crippen LogP contribution < -0.4 is 11.1 Å². The summed E-state index contributed by atoms with van der Waals surface area (Å²) in [7, 11) is 0. The normalized spacial score (nSPS) is 20.5. The van der Waals surface area contributed by atoms with Crippen LogP contribution in [0, 0.1) is 29.2 Å². The van der Waals surface area contributed by atoms with Crippen LogP contribution in [0.2, 0.25) is 0 Å². The number of hydrogen-bond donors (Lipinski definition) is 2. The molecule has 0 spiro atoms. The van der Waals surface area contributed by atoms with Gasteiger partial charge in [0, 0.05) is 24.4 Å². The minimum atomic E-state index is -1.33. The van der Waals surface area contributed by atoms with Crippen molar-refractivity contribution in [2.45, 2.75) is 38.1 Å². The Labute approximate surface area is 188 Å². The van der Waals surface area contributed by atoms with E-state index in [0.717, 1.165) is 37.0 Å². The molecule has 3 unspecified atom stereocenters. The topological polar surface area (TPSA) is 80.9 Å². The Kier molecular flexibility index (Phi) is 6.42. The third kappa shape index (κ3) is 4.88. The third-order valence-electron chi connectivity index (χ3n) is 5.84. The van der Waals surface area contributed by atoms with E-state index < -0.39 is 40.4 Å². The molecule has 1 fully saturated rings. The van der Waals surface area contributed by atoms with E-state index in [-0.39, 0.29) is 17.7 Å². The summed E-state index contributed by atoms with van der Waals surface area (Å²) in [5.41, 5.74) is 5.67. The van der Waals surface area contributed by atoms with Crippen molar-refractivity contribution in [3.63, 3.8) is 0 Å². The van der Waals surface area contributed by atoms with Crippen LogP contribution >= 0.6 is 0 Å². The highest BCUT2D eigenvalue weighted by Crippen LogP contribution is 2.38. The zero-order chi connectivity index (χ0) is 23.7. The van der Waals surface area contributed by atoms with Crippen molar-refractivity contribution in [1.29, 1.82) is 0 Å². The van der Waals surface area contributed by atoms with E-state index in [9.17, 15) is 22.4 Å². The fraction of sp³-hybridized carbons (Fsp3) is 0.292. The smallest absolute Gasteiger partial charge is 0.274 e. The SMILES string of the molecule is CC1CC(N)CC(c2ccncc2NC(=O)c2ccc(F)c(-c3c(F)cc(F)cc3F)n2)C1. The maximum absolute atomic E-state index is 14.3. The van der Waals surface area contributed by atoms with E-state index in [1.165, 1.54) is 6.20 Å². The first-order valence-corrected chi connectivity index (χ1v) is 10.5. The van der Waals surface area contributed by atoms with Crippen LogP contribution in [0.1, 0.15) is 48.2 Å². The predicted octanol–water partition coefficient (Wildman–Crippen LogP) is 5.18. The van der Waals surface area contributed by atoms with Gasteiger partial charge in [-0.3, -0.25) is 9.78 Å². The molecule has 33 heavy (non-hydrogen) atoms. The van der Waals surface area contributed by atoms with Gasteiger partial charge in [0.2, 0.25) is 0 Å². The maximum atomic E-state index is 14.3. The van der Waals surface area contributed by atoms with Crippen molar-refractivity contribution < 1.29 is 22.4 Å². The van der Waals surface area contributed by atoms with E-state index in [2.05, 4.69) is 22.2 Å². The second-order valence-electron chi connectivity index (χ2n) is 8.46. The zero-order valence-corrected chi connectivity index (χ0v) is 17.8. The second kappa shape index (κ2) is 9.27. The molecule has 1 saturated carbocycles. The lowest BCUT2D eigenvalue weighted by atomic mass is 9.76. The number of carbonyl (C=O) groups is 1. The summed E-state index contributed by atoms with van der Waals surface area (Å²) >= 11 is 0. The van der Waals surface area contributed by atoms with Crippen molar-refractivity contribution in [2.24, 2.45) is 11.7 Å². The van der Waals surface area contributed by atoms with E-state index in [1.54, 1.807) is 6.20 Å². The molecule has 172 valence electrons. The minimum absolute atomic E-state index is 0.0530. The average molecular weight is 458 g/mol. The van der Waals surface area contributed by atoms with E-state index in [4.69, 9.17) is 5.73 Å². The van der Waals surface area contributed by atoms with E-state index in [0.29, 0.717) is 23.7 Å². The van der Waals surface area contributed by atoms with Gasteiger partial charge in [-0.15, -0.1) is 0 Å². The van der Waals surface area contributed by atoms with Crippen LogP contribution in [0.4, 0.5) is 23.2 Å². The van der Waals surface area contributed by atoms with Gasteiger partial charge in [-0.2, -0.15) is 0 Å². The number of pyridine rings is 2. The molecule has 0 radical (unpaired) electrons. The van der Waals surface area contributed by atoms with Crippen LogP contribution in [0.3, 0.4) is 0 Å². The molecule has 1 amide bonds. The van der Waals surface area contributed by atoms with Gasteiger partial charge in [-0.05, 0) is 54.9 Å². The Morgan fingerprint density at radius 3 is 2.45 bits per heavy atom. The van der Waals surface area contributed by atoms with Crippen molar-refractivity contribution in [3.05, 3.63) is 77.3 Å². The molecule has 3 aromatic rings. The summed E-state index contributed by atoms with van der Waals surface area (Å²) in [6.07, 6.45) is 5.73. The van der Waals surface area contributed by atoms with Crippen LogP contribution in [-0.2, 0) is 0 Å². The molecular formula is C24H22F4N4O. The Hall–Kier alpha value is -3.33. The number of nitrogens with one attached hydrogen (secondary N) is 1.